The summed E-state index contributed by atoms with van der Waals surface area (Å²) in [6.45, 7) is -0.694. The lowest BCUT2D eigenvalue weighted by atomic mass is 9.98. The Hall–Kier alpha value is -4.34. The minimum absolute atomic E-state index is 0.0389. The second-order valence-electron chi connectivity index (χ2n) is 7.62. The number of nitrogens with one attached hydrogen (secondary N) is 2. The molecular weight excluding hydrogens is 459 g/mol. The average Bonchev–Trinajstić information content (AvgIpc) is 2.84. The van der Waals surface area contributed by atoms with Crippen LogP contribution < -0.4 is 11.1 Å². The van der Waals surface area contributed by atoms with E-state index in [1.165, 1.54) is 42.6 Å². The van der Waals surface area contributed by atoms with Crippen LogP contribution >= 0.6 is 0 Å². The third-order valence-electron chi connectivity index (χ3n) is 5.16. The molecule has 1 aromatic heterocycles. The SMILES string of the molecule is N=C(/C=C(\N)c1ccc(F)cc1)c1c(F)cccc1C(=O)N[C@@H](Cc1ccccn1)[C@H](F)CN=O. The van der Waals surface area contributed by atoms with E-state index < -0.39 is 42.0 Å². The van der Waals surface area contributed by atoms with Crippen LogP contribution in [0.2, 0.25) is 0 Å². The number of amides is 1. The number of nitroso groups, excluding NO2 is 1. The van der Waals surface area contributed by atoms with Gasteiger partial charge in [0, 0.05) is 29.6 Å². The van der Waals surface area contributed by atoms with E-state index in [2.05, 4.69) is 15.5 Å². The molecule has 0 aliphatic carbocycles. The van der Waals surface area contributed by atoms with Gasteiger partial charge in [0.1, 0.15) is 24.4 Å². The predicted octanol–water partition coefficient (Wildman–Crippen LogP) is 4.17. The first-order valence-electron chi connectivity index (χ1n) is 10.5. The van der Waals surface area contributed by atoms with Crippen molar-refractivity contribution < 1.29 is 18.0 Å². The molecule has 0 fully saturated rings. The van der Waals surface area contributed by atoms with Gasteiger partial charge in [-0.05, 0) is 48.0 Å². The Kier molecular flexibility index (Phi) is 8.44. The number of benzene rings is 2. The Labute approximate surface area is 199 Å². The first kappa shape index (κ1) is 25.3. The zero-order valence-corrected chi connectivity index (χ0v) is 18.4. The van der Waals surface area contributed by atoms with Crippen LogP contribution in [0.25, 0.3) is 5.70 Å². The lowest BCUT2D eigenvalue weighted by Gasteiger charge is -2.21. The molecule has 1 amide bonds. The highest BCUT2D eigenvalue weighted by Gasteiger charge is 2.27. The fraction of sp³-hybridized carbons (Fsp3) is 0.160. The molecule has 0 unspecified atom stereocenters. The van der Waals surface area contributed by atoms with Crippen LogP contribution in [0.4, 0.5) is 13.2 Å². The summed E-state index contributed by atoms with van der Waals surface area (Å²) in [5.41, 5.74) is 5.90. The van der Waals surface area contributed by atoms with E-state index in [1.807, 2.05) is 0 Å². The molecule has 35 heavy (non-hydrogen) atoms. The smallest absolute Gasteiger partial charge is 0.252 e. The Morgan fingerprint density at radius 2 is 1.86 bits per heavy atom. The van der Waals surface area contributed by atoms with Gasteiger partial charge in [-0.15, -0.1) is 0 Å². The first-order chi connectivity index (χ1) is 16.8. The summed E-state index contributed by atoms with van der Waals surface area (Å²) < 4.78 is 42.6. The Balaban J connectivity index is 1.89. The molecule has 0 radical (unpaired) electrons. The van der Waals surface area contributed by atoms with Gasteiger partial charge >= 0.3 is 0 Å². The second-order valence-corrected chi connectivity index (χ2v) is 7.62. The number of allylic oxidation sites excluding steroid dienone is 1. The first-order valence-corrected chi connectivity index (χ1v) is 10.5. The van der Waals surface area contributed by atoms with E-state index in [1.54, 1.807) is 18.2 Å². The van der Waals surface area contributed by atoms with Crippen LogP contribution in [0, 0.1) is 22.0 Å². The molecule has 3 aromatic rings. The van der Waals surface area contributed by atoms with Gasteiger partial charge < -0.3 is 16.5 Å². The monoisotopic (exact) mass is 481 g/mol. The minimum atomic E-state index is -1.82. The zero-order valence-electron chi connectivity index (χ0n) is 18.4. The molecule has 7 nitrogen and oxygen atoms in total. The van der Waals surface area contributed by atoms with Gasteiger partial charge in [0.15, 0.2) is 0 Å². The number of hydrogen-bond donors (Lipinski definition) is 3. The molecular formula is C25H22F3N5O2. The van der Waals surface area contributed by atoms with Crippen LogP contribution in [0.15, 0.2) is 78.1 Å². The molecule has 0 bridgehead atoms. The summed E-state index contributed by atoms with van der Waals surface area (Å²) in [5.74, 6) is -2.19. The van der Waals surface area contributed by atoms with E-state index in [9.17, 15) is 22.9 Å². The van der Waals surface area contributed by atoms with Gasteiger partial charge in [0.05, 0.1) is 17.3 Å². The highest BCUT2D eigenvalue weighted by molar-refractivity contribution is 6.16. The summed E-state index contributed by atoms with van der Waals surface area (Å²) >= 11 is 0. The molecule has 0 aliphatic heterocycles. The summed E-state index contributed by atoms with van der Waals surface area (Å²) in [6.07, 6.45) is 0.789. The Morgan fingerprint density at radius 3 is 2.51 bits per heavy atom. The van der Waals surface area contributed by atoms with Gasteiger partial charge in [0.2, 0.25) is 0 Å². The number of halogens is 3. The number of carbonyl (C=O) groups is 1. The second kappa shape index (κ2) is 11.7. The summed E-state index contributed by atoms with van der Waals surface area (Å²) in [7, 11) is 0. The molecule has 0 saturated carbocycles. The molecule has 4 N–H and O–H groups in total. The van der Waals surface area contributed by atoms with Crippen molar-refractivity contribution in [3.8, 4) is 0 Å². The van der Waals surface area contributed by atoms with Crippen molar-refractivity contribution in [3.63, 3.8) is 0 Å². The van der Waals surface area contributed by atoms with E-state index >= 15 is 0 Å². The van der Waals surface area contributed by atoms with Crippen LogP contribution in [0.3, 0.4) is 0 Å². The van der Waals surface area contributed by atoms with Crippen LogP contribution in [-0.2, 0) is 6.42 Å². The van der Waals surface area contributed by atoms with Crippen molar-refractivity contribution in [1.29, 1.82) is 5.41 Å². The van der Waals surface area contributed by atoms with Crippen molar-refractivity contribution >= 4 is 17.3 Å². The number of nitrogens with zero attached hydrogens (tertiary/aromatic N) is 2. The third kappa shape index (κ3) is 6.59. The molecule has 0 aliphatic rings. The Bertz CT molecular complexity index is 1230. The topological polar surface area (TPSA) is 121 Å². The highest BCUT2D eigenvalue weighted by Crippen LogP contribution is 2.19. The van der Waals surface area contributed by atoms with Gasteiger partial charge in [-0.1, -0.05) is 29.4 Å². The standard InChI is InChI=1S/C25H22F3N5O2/c26-16-9-7-15(8-10-16)21(29)13-22(30)24-18(5-3-6-19(24)27)25(34)33-23(20(28)14-32-35)12-17-4-1-2-11-31-17/h1-11,13,20,23,30H,12,14,29H2,(H,33,34)/b21-13-,30-22?/t20-,23+/m1/s1. The van der Waals surface area contributed by atoms with Gasteiger partial charge in [-0.25, -0.2) is 13.2 Å². The van der Waals surface area contributed by atoms with Crippen molar-refractivity contribution in [2.24, 2.45) is 10.9 Å². The number of carbonyl (C=O) groups excluding carboxylic acids is 1. The number of hydrogen-bond acceptors (Lipinski definition) is 6. The van der Waals surface area contributed by atoms with Crippen molar-refractivity contribution in [2.45, 2.75) is 18.6 Å². The zero-order chi connectivity index (χ0) is 25.4. The summed E-state index contributed by atoms with van der Waals surface area (Å²) in [6, 6.07) is 12.6. The summed E-state index contributed by atoms with van der Waals surface area (Å²) in [5, 5.41) is 13.4. The molecule has 2 atom stereocenters. The third-order valence-corrected chi connectivity index (χ3v) is 5.16. The molecule has 0 spiro atoms. The van der Waals surface area contributed by atoms with Crippen LogP contribution in [0.5, 0.6) is 0 Å². The highest BCUT2D eigenvalue weighted by atomic mass is 19.1. The molecule has 3 rings (SSSR count). The van der Waals surface area contributed by atoms with Crippen molar-refractivity contribution in [3.05, 3.63) is 112 Å². The van der Waals surface area contributed by atoms with Crippen molar-refractivity contribution in [1.82, 2.24) is 10.3 Å². The van der Waals surface area contributed by atoms with Crippen LogP contribution in [0.1, 0.15) is 27.2 Å². The predicted molar refractivity (Wildman–Crippen MR) is 127 cm³/mol. The maximum Gasteiger partial charge on any atom is 0.252 e. The lowest BCUT2D eigenvalue weighted by molar-refractivity contribution is 0.0910. The normalized spacial score (nSPS) is 13.1. The fourth-order valence-electron chi connectivity index (χ4n) is 3.40. The number of aromatic nitrogens is 1. The van der Waals surface area contributed by atoms with E-state index in [4.69, 9.17) is 11.1 Å². The van der Waals surface area contributed by atoms with E-state index in [-0.39, 0.29) is 23.2 Å². The molecule has 180 valence electrons. The maximum atomic E-state index is 14.7. The minimum Gasteiger partial charge on any atom is -0.398 e. The summed E-state index contributed by atoms with van der Waals surface area (Å²) in [4.78, 5) is 27.8. The van der Waals surface area contributed by atoms with Crippen LogP contribution in [-0.4, -0.2) is 35.4 Å². The van der Waals surface area contributed by atoms with Gasteiger partial charge in [0.25, 0.3) is 5.91 Å². The van der Waals surface area contributed by atoms with E-state index in [0.717, 1.165) is 12.1 Å². The van der Waals surface area contributed by atoms with Gasteiger partial charge in [-0.2, -0.15) is 4.91 Å². The average molecular weight is 481 g/mol. The largest absolute Gasteiger partial charge is 0.398 e. The molecule has 0 saturated heterocycles. The number of nitrogens with two attached hydrogens (primary N) is 1. The molecule has 10 heteroatoms. The fourth-order valence-corrected chi connectivity index (χ4v) is 3.40. The molecule has 1 heterocycles. The number of pyridine rings is 1. The maximum absolute atomic E-state index is 14.7. The quantitative estimate of drug-likeness (QED) is 0.297. The Morgan fingerprint density at radius 1 is 1.11 bits per heavy atom. The molecule has 2 aromatic carbocycles. The van der Waals surface area contributed by atoms with E-state index in [0.29, 0.717) is 11.3 Å². The van der Waals surface area contributed by atoms with Crippen molar-refractivity contribution in [2.75, 3.05) is 6.54 Å². The van der Waals surface area contributed by atoms with Gasteiger partial charge in [-0.3, -0.25) is 9.78 Å². The number of alkyl halides is 1. The number of rotatable bonds is 10. The lowest BCUT2D eigenvalue weighted by Crippen LogP contribution is -2.44.